The highest BCUT2D eigenvalue weighted by Gasteiger charge is 2.31. The van der Waals surface area contributed by atoms with E-state index in [9.17, 15) is 4.79 Å². The molecule has 0 N–H and O–H groups in total. The van der Waals surface area contributed by atoms with Crippen molar-refractivity contribution in [3.05, 3.63) is 0 Å². The van der Waals surface area contributed by atoms with E-state index in [2.05, 4.69) is 25.8 Å². The maximum atomic E-state index is 12.2. The average molecular weight is 225 g/mol. The van der Waals surface area contributed by atoms with Crippen molar-refractivity contribution >= 4 is 5.78 Å². The van der Waals surface area contributed by atoms with Crippen LogP contribution < -0.4 is 0 Å². The molecule has 0 aliphatic heterocycles. The number of likely N-dealkylation sites (N-methyl/N-ethyl adjacent to an activating group) is 1. The molecule has 1 rings (SSSR count). The second-order valence-corrected chi connectivity index (χ2v) is 5.86. The highest BCUT2D eigenvalue weighted by Crippen LogP contribution is 2.32. The van der Waals surface area contributed by atoms with Crippen molar-refractivity contribution < 1.29 is 4.79 Å². The van der Waals surface area contributed by atoms with Gasteiger partial charge in [0.05, 0.1) is 6.04 Å². The van der Waals surface area contributed by atoms with Gasteiger partial charge in [-0.1, -0.05) is 33.1 Å². The van der Waals surface area contributed by atoms with Crippen molar-refractivity contribution in [3.63, 3.8) is 0 Å². The molecule has 94 valence electrons. The number of Topliss-reactive ketones (excluding diaryl/α,β-unsaturated/α-hetero) is 1. The molecule has 1 unspecified atom stereocenters. The standard InChI is InChI=1S/C14H27NO/c1-10(2)14(16)13(15(5)11(3)4)9-12-7-6-8-12/h10-13H,6-9H2,1-5H3. The molecule has 0 amide bonds. The monoisotopic (exact) mass is 225 g/mol. The second kappa shape index (κ2) is 5.81. The molecule has 0 heterocycles. The Morgan fingerprint density at radius 3 is 2.12 bits per heavy atom. The molecule has 2 heteroatoms. The summed E-state index contributed by atoms with van der Waals surface area (Å²) in [5.74, 6) is 1.38. The Kier molecular flexibility index (Phi) is 4.97. The van der Waals surface area contributed by atoms with Gasteiger partial charge in [-0.3, -0.25) is 9.69 Å². The van der Waals surface area contributed by atoms with Gasteiger partial charge in [-0.2, -0.15) is 0 Å². The van der Waals surface area contributed by atoms with Crippen molar-refractivity contribution in [2.75, 3.05) is 7.05 Å². The Morgan fingerprint density at radius 2 is 1.81 bits per heavy atom. The second-order valence-electron chi connectivity index (χ2n) is 5.86. The summed E-state index contributed by atoms with van der Waals surface area (Å²) < 4.78 is 0. The van der Waals surface area contributed by atoms with Crippen LogP contribution in [0.15, 0.2) is 0 Å². The molecule has 1 atom stereocenters. The summed E-state index contributed by atoms with van der Waals surface area (Å²) in [4.78, 5) is 14.5. The molecule has 0 aromatic carbocycles. The van der Waals surface area contributed by atoms with E-state index < -0.39 is 0 Å². The first-order valence-electron chi connectivity index (χ1n) is 6.69. The normalized spacial score (nSPS) is 19.2. The molecule has 1 saturated carbocycles. The largest absolute Gasteiger partial charge is 0.298 e. The van der Waals surface area contributed by atoms with Gasteiger partial charge < -0.3 is 0 Å². The number of nitrogens with zero attached hydrogens (tertiary/aromatic N) is 1. The van der Waals surface area contributed by atoms with Gasteiger partial charge >= 0.3 is 0 Å². The first-order chi connectivity index (χ1) is 7.43. The summed E-state index contributed by atoms with van der Waals surface area (Å²) in [5, 5.41) is 0. The third kappa shape index (κ3) is 3.31. The zero-order valence-electron chi connectivity index (χ0n) is 11.5. The molecule has 0 aromatic rings. The molecule has 0 radical (unpaired) electrons. The van der Waals surface area contributed by atoms with Gasteiger partial charge in [-0.25, -0.2) is 0 Å². The Bertz CT molecular complexity index is 231. The fraction of sp³-hybridized carbons (Fsp3) is 0.929. The van der Waals surface area contributed by atoms with Gasteiger partial charge in [0.2, 0.25) is 0 Å². The summed E-state index contributed by atoms with van der Waals surface area (Å²) in [6, 6.07) is 0.595. The molecular weight excluding hydrogens is 198 g/mol. The number of ketones is 1. The van der Waals surface area contributed by atoms with Crippen LogP contribution in [-0.2, 0) is 4.79 Å². The highest BCUT2D eigenvalue weighted by molar-refractivity contribution is 5.85. The Labute approximate surface area is 100 Å². The first kappa shape index (κ1) is 13.7. The highest BCUT2D eigenvalue weighted by atomic mass is 16.1. The van der Waals surface area contributed by atoms with Crippen LogP contribution in [0.25, 0.3) is 0 Å². The minimum absolute atomic E-state index is 0.144. The van der Waals surface area contributed by atoms with Gasteiger partial charge in [-0.15, -0.1) is 0 Å². The molecule has 0 saturated heterocycles. The third-order valence-electron chi connectivity index (χ3n) is 3.98. The minimum Gasteiger partial charge on any atom is -0.298 e. The van der Waals surface area contributed by atoms with E-state index in [0.717, 1.165) is 12.3 Å². The first-order valence-corrected chi connectivity index (χ1v) is 6.69. The molecular formula is C14H27NO. The molecule has 0 bridgehead atoms. The van der Waals surface area contributed by atoms with E-state index in [4.69, 9.17) is 0 Å². The molecule has 1 fully saturated rings. The summed E-state index contributed by atoms with van der Waals surface area (Å²) in [7, 11) is 2.09. The molecule has 0 spiro atoms. The van der Waals surface area contributed by atoms with Gasteiger partial charge in [0, 0.05) is 12.0 Å². The quantitative estimate of drug-likeness (QED) is 0.692. The SMILES string of the molecule is CC(C)C(=O)C(CC1CCC1)N(C)C(C)C. The van der Waals surface area contributed by atoms with E-state index in [-0.39, 0.29) is 12.0 Å². The van der Waals surface area contributed by atoms with E-state index in [1.54, 1.807) is 0 Å². The van der Waals surface area contributed by atoms with Crippen LogP contribution in [0.2, 0.25) is 0 Å². The predicted octanol–water partition coefficient (Wildman–Crippen LogP) is 3.11. The van der Waals surface area contributed by atoms with E-state index >= 15 is 0 Å². The average Bonchev–Trinajstić information content (AvgIpc) is 2.14. The van der Waals surface area contributed by atoms with E-state index in [0.29, 0.717) is 11.8 Å². The lowest BCUT2D eigenvalue weighted by Crippen LogP contribution is -2.45. The maximum absolute atomic E-state index is 12.2. The van der Waals surface area contributed by atoms with Gasteiger partial charge in [-0.05, 0) is 33.2 Å². The summed E-state index contributed by atoms with van der Waals surface area (Å²) >= 11 is 0. The van der Waals surface area contributed by atoms with Crippen molar-refractivity contribution in [1.29, 1.82) is 0 Å². The van der Waals surface area contributed by atoms with Gasteiger partial charge in [0.1, 0.15) is 0 Å². The van der Waals surface area contributed by atoms with Crippen LogP contribution >= 0.6 is 0 Å². The van der Waals surface area contributed by atoms with Crippen LogP contribution in [0.3, 0.4) is 0 Å². The Morgan fingerprint density at radius 1 is 1.25 bits per heavy atom. The molecule has 1 aliphatic carbocycles. The van der Waals surface area contributed by atoms with Crippen molar-refractivity contribution in [2.24, 2.45) is 11.8 Å². The lowest BCUT2D eigenvalue weighted by molar-refractivity contribution is -0.128. The molecule has 0 aromatic heterocycles. The fourth-order valence-electron chi connectivity index (χ4n) is 2.27. The van der Waals surface area contributed by atoms with Gasteiger partial charge in [0.15, 0.2) is 5.78 Å². The molecule has 16 heavy (non-hydrogen) atoms. The number of rotatable bonds is 6. The van der Waals surface area contributed by atoms with Crippen molar-refractivity contribution in [2.45, 2.75) is 65.5 Å². The number of carbonyl (C=O) groups is 1. The van der Waals surface area contributed by atoms with Crippen LogP contribution in [0.1, 0.15) is 53.4 Å². The smallest absolute Gasteiger partial charge is 0.152 e. The lowest BCUT2D eigenvalue weighted by Gasteiger charge is -2.36. The van der Waals surface area contributed by atoms with Crippen molar-refractivity contribution in [1.82, 2.24) is 4.90 Å². The summed E-state index contributed by atoms with van der Waals surface area (Å²) in [5.41, 5.74) is 0. The van der Waals surface area contributed by atoms with Crippen LogP contribution in [0.4, 0.5) is 0 Å². The number of hydrogen-bond acceptors (Lipinski definition) is 2. The Hall–Kier alpha value is -0.370. The third-order valence-corrected chi connectivity index (χ3v) is 3.98. The fourth-order valence-corrected chi connectivity index (χ4v) is 2.27. The van der Waals surface area contributed by atoms with Gasteiger partial charge in [0.25, 0.3) is 0 Å². The summed E-state index contributed by atoms with van der Waals surface area (Å²) in [6.45, 7) is 8.37. The van der Waals surface area contributed by atoms with Crippen LogP contribution in [0.5, 0.6) is 0 Å². The topological polar surface area (TPSA) is 20.3 Å². The molecule has 2 nitrogen and oxygen atoms in total. The predicted molar refractivity (Wildman–Crippen MR) is 68.5 cm³/mol. The van der Waals surface area contributed by atoms with Crippen LogP contribution in [0, 0.1) is 11.8 Å². The summed E-state index contributed by atoms with van der Waals surface area (Å²) in [6.07, 6.45) is 5.09. The maximum Gasteiger partial charge on any atom is 0.152 e. The lowest BCUT2D eigenvalue weighted by atomic mass is 9.78. The van der Waals surface area contributed by atoms with Crippen LogP contribution in [-0.4, -0.2) is 29.8 Å². The minimum atomic E-state index is 0.144. The zero-order valence-corrected chi connectivity index (χ0v) is 11.5. The zero-order chi connectivity index (χ0) is 12.3. The molecule has 1 aliphatic rings. The van der Waals surface area contributed by atoms with E-state index in [1.807, 2.05) is 13.8 Å². The number of hydrogen-bond donors (Lipinski definition) is 0. The van der Waals surface area contributed by atoms with E-state index in [1.165, 1.54) is 19.3 Å². The number of carbonyl (C=O) groups excluding carboxylic acids is 1. The Balaban J connectivity index is 2.63. The van der Waals surface area contributed by atoms with Crippen molar-refractivity contribution in [3.8, 4) is 0 Å².